The number of aromatic nitrogens is 2. The zero-order chi connectivity index (χ0) is 18.7. The van der Waals surface area contributed by atoms with Crippen molar-refractivity contribution < 1.29 is 4.79 Å². The number of piperazine rings is 1. The molecule has 1 saturated heterocycles. The van der Waals surface area contributed by atoms with Gasteiger partial charge in [-0.05, 0) is 44.7 Å². The van der Waals surface area contributed by atoms with E-state index in [1.807, 2.05) is 42.6 Å². The number of carbonyl (C=O) groups is 1. The van der Waals surface area contributed by atoms with Gasteiger partial charge in [-0.1, -0.05) is 6.07 Å². The van der Waals surface area contributed by atoms with E-state index in [1.165, 1.54) is 0 Å². The highest BCUT2D eigenvalue weighted by atomic mass is 32.2. The van der Waals surface area contributed by atoms with Crippen molar-refractivity contribution in [3.05, 3.63) is 47.5 Å². The molecule has 1 amide bonds. The molecule has 1 aliphatic heterocycles. The van der Waals surface area contributed by atoms with Crippen molar-refractivity contribution in [2.45, 2.75) is 44.8 Å². The molecule has 2 aromatic rings. The molecule has 1 atom stereocenters. The van der Waals surface area contributed by atoms with Crippen molar-refractivity contribution in [3.8, 4) is 0 Å². The lowest BCUT2D eigenvalue weighted by Crippen LogP contribution is -2.53. The first kappa shape index (κ1) is 19.0. The van der Waals surface area contributed by atoms with Gasteiger partial charge in [0.15, 0.2) is 0 Å². The van der Waals surface area contributed by atoms with Crippen LogP contribution < -0.4 is 0 Å². The van der Waals surface area contributed by atoms with Crippen LogP contribution in [0.4, 0.5) is 0 Å². The summed E-state index contributed by atoms with van der Waals surface area (Å²) in [4.78, 5) is 23.1. The highest BCUT2D eigenvalue weighted by molar-refractivity contribution is 7.98. The summed E-state index contributed by atoms with van der Waals surface area (Å²) in [5, 5.41) is 0. The van der Waals surface area contributed by atoms with Gasteiger partial charge in [0.2, 0.25) is 0 Å². The number of nitrogens with zero attached hydrogens (tertiary/aromatic N) is 4. The molecule has 1 fully saturated rings. The maximum atomic E-state index is 13.0. The van der Waals surface area contributed by atoms with Gasteiger partial charge in [0.25, 0.3) is 5.91 Å². The average molecular weight is 373 g/mol. The Bertz CT molecular complexity index is 773. The van der Waals surface area contributed by atoms with Crippen molar-refractivity contribution in [1.82, 2.24) is 19.4 Å². The van der Waals surface area contributed by atoms with Crippen LogP contribution in [-0.2, 0) is 13.1 Å². The predicted octanol–water partition coefficient (Wildman–Crippen LogP) is 3.28. The minimum Gasteiger partial charge on any atom is -0.336 e. The van der Waals surface area contributed by atoms with E-state index >= 15 is 0 Å². The van der Waals surface area contributed by atoms with Gasteiger partial charge in [-0.2, -0.15) is 0 Å². The van der Waals surface area contributed by atoms with Crippen molar-refractivity contribution in [1.29, 1.82) is 0 Å². The summed E-state index contributed by atoms with van der Waals surface area (Å²) in [6, 6.07) is 6.47. The summed E-state index contributed by atoms with van der Waals surface area (Å²) >= 11 is 1.67. The average Bonchev–Trinajstić information content (AvgIpc) is 3.10. The summed E-state index contributed by atoms with van der Waals surface area (Å²) in [5.74, 6) is 1.25. The molecule has 1 aliphatic rings. The Labute approximate surface area is 160 Å². The number of rotatable bonds is 5. The fourth-order valence-electron chi connectivity index (χ4n) is 3.50. The van der Waals surface area contributed by atoms with Crippen molar-refractivity contribution in [3.63, 3.8) is 0 Å². The fraction of sp³-hybridized carbons (Fsp3) is 0.500. The summed E-state index contributed by atoms with van der Waals surface area (Å²) in [5.41, 5.74) is 1.88. The zero-order valence-electron chi connectivity index (χ0n) is 16.1. The number of benzene rings is 1. The van der Waals surface area contributed by atoms with Crippen LogP contribution in [0.1, 0.15) is 35.6 Å². The molecular formula is C20H28N4OS. The SMILES string of the molecule is CCn1ccnc1CN1CCN(C(=O)c2cc(SC)ccc2C)CC1C. The van der Waals surface area contributed by atoms with Crippen LogP contribution in [0.2, 0.25) is 0 Å². The lowest BCUT2D eigenvalue weighted by molar-refractivity contribution is 0.0485. The Morgan fingerprint density at radius 2 is 2.15 bits per heavy atom. The van der Waals surface area contributed by atoms with Gasteiger partial charge in [0.05, 0.1) is 6.54 Å². The van der Waals surface area contributed by atoms with E-state index in [2.05, 4.69) is 34.4 Å². The highest BCUT2D eigenvalue weighted by Crippen LogP contribution is 2.22. The molecule has 0 N–H and O–H groups in total. The molecule has 0 radical (unpaired) electrons. The standard InChI is InChI=1S/C20H28N4OS/c1-5-22-9-8-21-19(22)14-23-10-11-24(13-16(23)3)20(25)18-12-17(26-4)7-6-15(18)2/h6-9,12,16H,5,10-11,13-14H2,1-4H3. The van der Waals surface area contributed by atoms with Crippen molar-refractivity contribution >= 4 is 17.7 Å². The van der Waals surface area contributed by atoms with Gasteiger partial charge in [-0.15, -0.1) is 11.8 Å². The molecule has 140 valence electrons. The first-order valence-electron chi connectivity index (χ1n) is 9.21. The van der Waals surface area contributed by atoms with E-state index in [0.717, 1.165) is 54.6 Å². The molecule has 1 aromatic carbocycles. The van der Waals surface area contributed by atoms with E-state index in [0.29, 0.717) is 6.04 Å². The maximum absolute atomic E-state index is 13.0. The van der Waals surface area contributed by atoms with Crippen LogP contribution in [0.15, 0.2) is 35.5 Å². The fourth-order valence-corrected chi connectivity index (χ4v) is 3.94. The first-order valence-corrected chi connectivity index (χ1v) is 10.4. The van der Waals surface area contributed by atoms with E-state index in [-0.39, 0.29) is 5.91 Å². The molecule has 1 aromatic heterocycles. The summed E-state index contributed by atoms with van der Waals surface area (Å²) in [7, 11) is 0. The Balaban J connectivity index is 1.67. The second kappa shape index (κ2) is 8.27. The quantitative estimate of drug-likeness (QED) is 0.756. The Hall–Kier alpha value is -1.79. The lowest BCUT2D eigenvalue weighted by atomic mass is 10.1. The molecule has 0 bridgehead atoms. The number of thioether (sulfide) groups is 1. The van der Waals surface area contributed by atoms with Gasteiger partial charge < -0.3 is 9.47 Å². The minimum atomic E-state index is 0.153. The molecule has 6 heteroatoms. The number of carbonyl (C=O) groups excluding carboxylic acids is 1. The highest BCUT2D eigenvalue weighted by Gasteiger charge is 2.28. The molecule has 0 spiro atoms. The van der Waals surface area contributed by atoms with Crippen LogP contribution in [0.25, 0.3) is 0 Å². The van der Waals surface area contributed by atoms with E-state index in [1.54, 1.807) is 11.8 Å². The zero-order valence-corrected chi connectivity index (χ0v) is 16.9. The second-order valence-electron chi connectivity index (χ2n) is 6.88. The van der Waals surface area contributed by atoms with Gasteiger partial charge >= 0.3 is 0 Å². The van der Waals surface area contributed by atoms with Crippen LogP contribution in [0.3, 0.4) is 0 Å². The van der Waals surface area contributed by atoms with Crippen LogP contribution in [-0.4, -0.2) is 57.2 Å². The molecular weight excluding hydrogens is 344 g/mol. The smallest absolute Gasteiger partial charge is 0.254 e. The van der Waals surface area contributed by atoms with Crippen LogP contribution in [0, 0.1) is 6.92 Å². The van der Waals surface area contributed by atoms with Gasteiger partial charge in [0, 0.05) is 55.1 Å². The molecule has 5 nitrogen and oxygen atoms in total. The monoisotopic (exact) mass is 372 g/mol. The Morgan fingerprint density at radius 3 is 2.85 bits per heavy atom. The van der Waals surface area contributed by atoms with Crippen LogP contribution >= 0.6 is 11.8 Å². The maximum Gasteiger partial charge on any atom is 0.254 e. The number of hydrogen-bond donors (Lipinski definition) is 0. The summed E-state index contributed by atoms with van der Waals surface area (Å²) in [6.45, 7) is 10.5. The lowest BCUT2D eigenvalue weighted by Gasteiger charge is -2.40. The number of hydrogen-bond acceptors (Lipinski definition) is 4. The normalized spacial score (nSPS) is 18.3. The molecule has 26 heavy (non-hydrogen) atoms. The third-order valence-electron chi connectivity index (χ3n) is 5.21. The van der Waals surface area contributed by atoms with Gasteiger partial charge in [0.1, 0.15) is 5.82 Å². The van der Waals surface area contributed by atoms with E-state index < -0.39 is 0 Å². The van der Waals surface area contributed by atoms with Gasteiger partial charge in [-0.3, -0.25) is 9.69 Å². The third-order valence-corrected chi connectivity index (χ3v) is 5.94. The number of amides is 1. The third kappa shape index (κ3) is 3.96. The summed E-state index contributed by atoms with van der Waals surface area (Å²) < 4.78 is 2.18. The predicted molar refractivity (Wildman–Crippen MR) is 107 cm³/mol. The number of imidazole rings is 1. The minimum absolute atomic E-state index is 0.153. The second-order valence-corrected chi connectivity index (χ2v) is 7.76. The molecule has 3 rings (SSSR count). The molecule has 2 heterocycles. The Kier molecular flexibility index (Phi) is 6.04. The Morgan fingerprint density at radius 1 is 1.35 bits per heavy atom. The van der Waals surface area contributed by atoms with E-state index in [9.17, 15) is 4.79 Å². The van der Waals surface area contributed by atoms with Crippen molar-refractivity contribution in [2.75, 3.05) is 25.9 Å². The van der Waals surface area contributed by atoms with Crippen LogP contribution in [0.5, 0.6) is 0 Å². The first-order chi connectivity index (χ1) is 12.5. The number of aryl methyl sites for hydroxylation is 2. The van der Waals surface area contributed by atoms with E-state index in [4.69, 9.17) is 0 Å². The van der Waals surface area contributed by atoms with Crippen molar-refractivity contribution in [2.24, 2.45) is 0 Å². The molecule has 1 unspecified atom stereocenters. The molecule has 0 aliphatic carbocycles. The largest absolute Gasteiger partial charge is 0.336 e. The van der Waals surface area contributed by atoms with Gasteiger partial charge in [-0.25, -0.2) is 4.98 Å². The summed E-state index contributed by atoms with van der Waals surface area (Å²) in [6.07, 6.45) is 5.94. The topological polar surface area (TPSA) is 41.4 Å². The molecule has 0 saturated carbocycles.